The Hall–Kier alpha value is -2.37. The normalized spacial score (nSPS) is 26.6. The highest BCUT2D eigenvalue weighted by molar-refractivity contribution is 6.10. The van der Waals surface area contributed by atoms with Crippen molar-refractivity contribution in [3.63, 3.8) is 0 Å². The van der Waals surface area contributed by atoms with Gasteiger partial charge < -0.3 is 10.6 Å². The number of carbonyl (C=O) groups excluding carboxylic acids is 3. The summed E-state index contributed by atoms with van der Waals surface area (Å²) in [4.78, 5) is 38.4. The average Bonchev–Trinajstić information content (AvgIpc) is 2.78. The Morgan fingerprint density at radius 3 is 2.79 bits per heavy atom. The van der Waals surface area contributed by atoms with Crippen LogP contribution in [0.1, 0.15) is 38.2 Å². The smallest absolute Gasteiger partial charge is 0.324 e. The summed E-state index contributed by atoms with van der Waals surface area (Å²) in [5, 5.41) is 5.62. The standard InChI is InChI=1S/C18H23N3O3/c1-12-7-3-4-9-14(12)19-15(22)11-21-16(23)18(20-17(21)24)10-6-5-8-13(18)2/h3-4,7,9,13H,5-6,8,10-11H2,1-2H3,(H,19,22)(H,20,24)/t13-,18-/m1/s1. The van der Waals surface area contributed by atoms with Crippen molar-refractivity contribution in [2.75, 3.05) is 11.9 Å². The number of carbonyl (C=O) groups is 3. The van der Waals surface area contributed by atoms with Crippen LogP contribution in [0.25, 0.3) is 0 Å². The van der Waals surface area contributed by atoms with E-state index in [0.29, 0.717) is 12.1 Å². The van der Waals surface area contributed by atoms with E-state index < -0.39 is 11.6 Å². The minimum absolute atomic E-state index is 0.0899. The number of hydrogen-bond acceptors (Lipinski definition) is 3. The quantitative estimate of drug-likeness (QED) is 0.836. The summed E-state index contributed by atoms with van der Waals surface area (Å²) < 4.78 is 0. The van der Waals surface area contributed by atoms with Gasteiger partial charge in [0.05, 0.1) is 0 Å². The van der Waals surface area contributed by atoms with Crippen LogP contribution >= 0.6 is 0 Å². The minimum Gasteiger partial charge on any atom is -0.324 e. The molecule has 6 nitrogen and oxygen atoms in total. The van der Waals surface area contributed by atoms with Gasteiger partial charge in [-0.25, -0.2) is 4.79 Å². The molecule has 1 aliphatic heterocycles. The van der Waals surface area contributed by atoms with Gasteiger partial charge in [-0.2, -0.15) is 0 Å². The molecule has 2 atom stereocenters. The molecule has 24 heavy (non-hydrogen) atoms. The second-order valence-electron chi connectivity index (χ2n) is 6.80. The van der Waals surface area contributed by atoms with E-state index in [0.717, 1.165) is 29.7 Å². The Kier molecular flexibility index (Phi) is 4.30. The van der Waals surface area contributed by atoms with Gasteiger partial charge in [-0.3, -0.25) is 14.5 Å². The highest BCUT2D eigenvalue weighted by Crippen LogP contribution is 2.38. The zero-order valence-corrected chi connectivity index (χ0v) is 14.1. The Labute approximate surface area is 141 Å². The molecule has 1 saturated carbocycles. The second-order valence-corrected chi connectivity index (χ2v) is 6.80. The first-order valence-electron chi connectivity index (χ1n) is 8.43. The number of para-hydroxylation sites is 1. The number of imide groups is 1. The molecule has 2 N–H and O–H groups in total. The van der Waals surface area contributed by atoms with Crippen molar-refractivity contribution in [1.29, 1.82) is 0 Å². The van der Waals surface area contributed by atoms with Crippen LogP contribution in [0.3, 0.4) is 0 Å². The summed E-state index contributed by atoms with van der Waals surface area (Å²) >= 11 is 0. The molecule has 4 amide bonds. The Balaban J connectivity index is 1.71. The lowest BCUT2D eigenvalue weighted by atomic mass is 9.73. The van der Waals surface area contributed by atoms with Crippen LogP contribution in [0, 0.1) is 12.8 Å². The third-order valence-corrected chi connectivity index (χ3v) is 5.22. The summed E-state index contributed by atoms with van der Waals surface area (Å²) in [5.41, 5.74) is 0.800. The zero-order valence-electron chi connectivity index (χ0n) is 14.1. The molecule has 0 bridgehead atoms. The molecular formula is C18H23N3O3. The van der Waals surface area contributed by atoms with Crippen LogP contribution in [0.4, 0.5) is 10.5 Å². The molecule has 0 unspecified atom stereocenters. The van der Waals surface area contributed by atoms with Gasteiger partial charge in [0.1, 0.15) is 12.1 Å². The fraction of sp³-hybridized carbons (Fsp3) is 0.500. The first-order chi connectivity index (χ1) is 11.4. The van der Waals surface area contributed by atoms with Gasteiger partial charge in [-0.05, 0) is 37.3 Å². The van der Waals surface area contributed by atoms with Crippen molar-refractivity contribution in [3.8, 4) is 0 Å². The number of hydrogen-bond donors (Lipinski definition) is 2. The van der Waals surface area contributed by atoms with E-state index in [9.17, 15) is 14.4 Å². The number of urea groups is 1. The lowest BCUT2D eigenvalue weighted by Gasteiger charge is -2.36. The molecule has 6 heteroatoms. The Bertz CT molecular complexity index is 688. The molecule has 1 spiro atoms. The summed E-state index contributed by atoms with van der Waals surface area (Å²) in [6.07, 6.45) is 3.55. The molecule has 1 heterocycles. The van der Waals surface area contributed by atoms with Gasteiger partial charge in [0.2, 0.25) is 5.91 Å². The van der Waals surface area contributed by atoms with Gasteiger partial charge in [0, 0.05) is 5.69 Å². The maximum atomic E-state index is 12.8. The van der Waals surface area contributed by atoms with Gasteiger partial charge in [-0.15, -0.1) is 0 Å². The van der Waals surface area contributed by atoms with Crippen LogP contribution in [-0.4, -0.2) is 34.8 Å². The van der Waals surface area contributed by atoms with E-state index in [1.165, 1.54) is 0 Å². The molecule has 2 aliphatic rings. The second kappa shape index (κ2) is 6.26. The van der Waals surface area contributed by atoms with Crippen LogP contribution in [0.5, 0.6) is 0 Å². The van der Waals surface area contributed by atoms with Crippen molar-refractivity contribution < 1.29 is 14.4 Å². The Morgan fingerprint density at radius 1 is 1.33 bits per heavy atom. The zero-order chi connectivity index (χ0) is 17.3. The van der Waals surface area contributed by atoms with Crippen molar-refractivity contribution in [2.45, 2.75) is 45.1 Å². The highest BCUT2D eigenvalue weighted by Gasteiger charge is 2.55. The molecule has 1 aliphatic carbocycles. The summed E-state index contributed by atoms with van der Waals surface area (Å²) in [5.74, 6) is -0.542. The van der Waals surface area contributed by atoms with E-state index in [2.05, 4.69) is 10.6 Å². The number of nitrogens with one attached hydrogen (secondary N) is 2. The molecule has 1 aromatic rings. The molecule has 1 aromatic carbocycles. The van der Waals surface area contributed by atoms with Gasteiger partial charge in [0.25, 0.3) is 5.91 Å². The fourth-order valence-electron chi connectivity index (χ4n) is 3.69. The van der Waals surface area contributed by atoms with Crippen molar-refractivity contribution >= 4 is 23.5 Å². The van der Waals surface area contributed by atoms with Crippen molar-refractivity contribution in [2.24, 2.45) is 5.92 Å². The minimum atomic E-state index is -0.821. The monoisotopic (exact) mass is 329 g/mol. The van der Waals surface area contributed by atoms with Crippen molar-refractivity contribution in [1.82, 2.24) is 10.2 Å². The van der Waals surface area contributed by atoms with Crippen LogP contribution in [0.2, 0.25) is 0 Å². The first-order valence-corrected chi connectivity index (χ1v) is 8.43. The number of anilines is 1. The third-order valence-electron chi connectivity index (χ3n) is 5.22. The van der Waals surface area contributed by atoms with E-state index in [1.807, 2.05) is 32.0 Å². The fourth-order valence-corrected chi connectivity index (χ4v) is 3.69. The lowest BCUT2D eigenvalue weighted by molar-refractivity contribution is -0.136. The maximum absolute atomic E-state index is 12.8. The van der Waals surface area contributed by atoms with E-state index in [-0.39, 0.29) is 24.3 Å². The average molecular weight is 329 g/mol. The summed E-state index contributed by atoms with van der Waals surface area (Å²) in [6.45, 7) is 3.63. The molecule has 0 aromatic heterocycles. The predicted octanol–water partition coefficient (Wildman–Crippen LogP) is 2.43. The molecular weight excluding hydrogens is 306 g/mol. The predicted molar refractivity (Wildman–Crippen MR) is 90.4 cm³/mol. The van der Waals surface area contributed by atoms with Gasteiger partial charge in [-0.1, -0.05) is 38.0 Å². The third kappa shape index (κ3) is 2.77. The van der Waals surface area contributed by atoms with E-state index in [4.69, 9.17) is 0 Å². The summed E-state index contributed by atoms with van der Waals surface area (Å²) in [6, 6.07) is 6.94. The number of benzene rings is 1. The molecule has 128 valence electrons. The van der Waals surface area contributed by atoms with Gasteiger partial charge >= 0.3 is 6.03 Å². The molecule has 3 rings (SSSR count). The Morgan fingerprint density at radius 2 is 2.08 bits per heavy atom. The topological polar surface area (TPSA) is 78.5 Å². The van der Waals surface area contributed by atoms with Crippen LogP contribution in [0.15, 0.2) is 24.3 Å². The SMILES string of the molecule is Cc1ccccc1NC(=O)CN1C(=O)N[C@@]2(CCCC[C@H]2C)C1=O. The van der Waals surface area contributed by atoms with E-state index >= 15 is 0 Å². The molecule has 1 saturated heterocycles. The molecule has 2 fully saturated rings. The number of nitrogens with zero attached hydrogens (tertiary/aromatic N) is 1. The largest absolute Gasteiger partial charge is 0.325 e. The summed E-state index contributed by atoms with van der Waals surface area (Å²) in [7, 11) is 0. The number of rotatable bonds is 3. The number of amides is 4. The van der Waals surface area contributed by atoms with Crippen molar-refractivity contribution in [3.05, 3.63) is 29.8 Å². The highest BCUT2D eigenvalue weighted by atomic mass is 16.2. The molecule has 0 radical (unpaired) electrons. The van der Waals surface area contributed by atoms with Crippen LogP contribution < -0.4 is 10.6 Å². The first kappa shape index (κ1) is 16.5. The number of aryl methyl sites for hydroxylation is 1. The van der Waals surface area contributed by atoms with Gasteiger partial charge in [0.15, 0.2) is 0 Å². The van der Waals surface area contributed by atoms with Crippen LogP contribution in [-0.2, 0) is 9.59 Å². The van der Waals surface area contributed by atoms with E-state index in [1.54, 1.807) is 6.07 Å². The lowest BCUT2D eigenvalue weighted by Crippen LogP contribution is -2.54. The maximum Gasteiger partial charge on any atom is 0.325 e.